The molecule has 2 rings (SSSR count). The molecule has 0 bridgehead atoms. The molecule has 1 aromatic carbocycles. The van der Waals surface area contributed by atoms with Crippen molar-refractivity contribution in [3.8, 4) is 0 Å². The van der Waals surface area contributed by atoms with Gasteiger partial charge in [0.05, 0.1) is 12.2 Å². The van der Waals surface area contributed by atoms with Crippen molar-refractivity contribution in [2.75, 3.05) is 24.3 Å². The number of ether oxygens (including phenoxy) is 1. The van der Waals surface area contributed by atoms with Gasteiger partial charge < -0.3 is 15.4 Å². The quantitative estimate of drug-likeness (QED) is 0.856. The van der Waals surface area contributed by atoms with E-state index in [2.05, 4.69) is 15.6 Å². The van der Waals surface area contributed by atoms with Crippen molar-refractivity contribution in [2.45, 2.75) is 13.5 Å². The zero-order valence-corrected chi connectivity index (χ0v) is 12.2. The summed E-state index contributed by atoms with van der Waals surface area (Å²) in [7, 11) is 1.64. The second kappa shape index (κ2) is 7.40. The number of methoxy groups -OCH3 is 1. The summed E-state index contributed by atoms with van der Waals surface area (Å²) in [6.07, 6.45) is 1.56. The summed E-state index contributed by atoms with van der Waals surface area (Å²) in [4.78, 5) is 16.3. The highest BCUT2D eigenvalue weighted by Crippen LogP contribution is 2.13. The van der Waals surface area contributed by atoms with Crippen molar-refractivity contribution in [3.63, 3.8) is 0 Å². The minimum atomic E-state index is -0.180. The van der Waals surface area contributed by atoms with Crippen molar-refractivity contribution >= 4 is 17.4 Å². The zero-order valence-electron chi connectivity index (χ0n) is 12.2. The van der Waals surface area contributed by atoms with Gasteiger partial charge >= 0.3 is 0 Å². The minimum absolute atomic E-state index is 0.180. The number of anilines is 2. The first-order chi connectivity index (χ1) is 10.2. The summed E-state index contributed by atoms with van der Waals surface area (Å²) in [5, 5.41) is 5.94. The van der Waals surface area contributed by atoms with Crippen LogP contribution in [0.2, 0.25) is 0 Å². The summed E-state index contributed by atoms with van der Waals surface area (Å²) in [6.45, 7) is 3.31. The number of carbonyl (C=O) groups is 1. The van der Waals surface area contributed by atoms with Gasteiger partial charge in [0.15, 0.2) is 0 Å². The fraction of sp³-hybridized carbons (Fsp3) is 0.250. The van der Waals surface area contributed by atoms with E-state index in [0.717, 1.165) is 23.6 Å². The molecule has 0 unspecified atom stereocenters. The highest BCUT2D eigenvalue weighted by atomic mass is 16.5. The van der Waals surface area contributed by atoms with Crippen LogP contribution in [0.15, 0.2) is 42.6 Å². The van der Waals surface area contributed by atoms with Crippen molar-refractivity contribution < 1.29 is 9.53 Å². The molecule has 1 aromatic heterocycles. The Morgan fingerprint density at radius 1 is 1.29 bits per heavy atom. The molecule has 5 heteroatoms. The third-order valence-electron chi connectivity index (χ3n) is 2.88. The van der Waals surface area contributed by atoms with Crippen LogP contribution in [-0.2, 0) is 11.3 Å². The lowest BCUT2D eigenvalue weighted by atomic mass is 10.2. The van der Waals surface area contributed by atoms with Gasteiger partial charge in [0.2, 0.25) is 0 Å². The van der Waals surface area contributed by atoms with Gasteiger partial charge in [-0.05, 0) is 36.8 Å². The highest BCUT2D eigenvalue weighted by Gasteiger charge is 2.07. The van der Waals surface area contributed by atoms with E-state index in [1.165, 1.54) is 0 Å². The van der Waals surface area contributed by atoms with Crippen molar-refractivity contribution in [3.05, 3.63) is 53.7 Å². The zero-order chi connectivity index (χ0) is 15.1. The topological polar surface area (TPSA) is 63.2 Å². The van der Waals surface area contributed by atoms with Gasteiger partial charge in [-0.15, -0.1) is 0 Å². The average Bonchev–Trinajstić information content (AvgIpc) is 2.49. The Bertz CT molecular complexity index is 597. The number of aromatic nitrogens is 1. The van der Waals surface area contributed by atoms with Crippen LogP contribution in [0.4, 0.5) is 11.5 Å². The van der Waals surface area contributed by atoms with Crippen molar-refractivity contribution in [1.82, 2.24) is 4.98 Å². The Morgan fingerprint density at radius 2 is 2.14 bits per heavy atom. The van der Waals surface area contributed by atoms with Crippen LogP contribution in [0.25, 0.3) is 0 Å². The molecule has 0 fully saturated rings. The van der Waals surface area contributed by atoms with E-state index in [9.17, 15) is 4.79 Å². The predicted octanol–water partition coefficient (Wildman–Crippen LogP) is 2.91. The first kappa shape index (κ1) is 15.0. The average molecular weight is 285 g/mol. The standard InChI is InChI=1S/C16H19N3O2/c1-3-17-15-8-7-13(10-18-15)16(20)19-14-6-4-5-12(9-14)11-21-2/h4-10H,3,11H2,1-2H3,(H,17,18)(H,19,20). The lowest BCUT2D eigenvalue weighted by Gasteiger charge is -2.08. The van der Waals surface area contributed by atoms with E-state index < -0.39 is 0 Å². The number of hydrogen-bond donors (Lipinski definition) is 2. The minimum Gasteiger partial charge on any atom is -0.380 e. The molecule has 5 nitrogen and oxygen atoms in total. The summed E-state index contributed by atoms with van der Waals surface area (Å²) in [6, 6.07) is 11.1. The molecule has 0 aliphatic heterocycles. The normalized spacial score (nSPS) is 10.2. The number of rotatable bonds is 6. The molecule has 0 aliphatic carbocycles. The molecule has 2 N–H and O–H groups in total. The number of nitrogens with zero attached hydrogens (tertiary/aromatic N) is 1. The van der Waals surface area contributed by atoms with E-state index in [1.54, 1.807) is 25.4 Å². The number of carbonyl (C=O) groups excluding carboxylic acids is 1. The second-order valence-electron chi connectivity index (χ2n) is 4.55. The Kier molecular flexibility index (Phi) is 5.29. The largest absolute Gasteiger partial charge is 0.380 e. The lowest BCUT2D eigenvalue weighted by Crippen LogP contribution is -2.12. The smallest absolute Gasteiger partial charge is 0.257 e. The van der Waals surface area contributed by atoms with E-state index in [-0.39, 0.29) is 5.91 Å². The number of hydrogen-bond acceptors (Lipinski definition) is 4. The highest BCUT2D eigenvalue weighted by molar-refractivity contribution is 6.04. The van der Waals surface area contributed by atoms with Gasteiger partial charge in [0, 0.05) is 25.5 Å². The van der Waals surface area contributed by atoms with Crippen molar-refractivity contribution in [2.24, 2.45) is 0 Å². The molecule has 0 saturated heterocycles. The van der Waals surface area contributed by atoms with E-state index in [0.29, 0.717) is 12.2 Å². The maximum atomic E-state index is 12.1. The fourth-order valence-corrected chi connectivity index (χ4v) is 1.92. The maximum absolute atomic E-state index is 12.1. The van der Waals surface area contributed by atoms with Crippen LogP contribution >= 0.6 is 0 Å². The lowest BCUT2D eigenvalue weighted by molar-refractivity contribution is 0.102. The summed E-state index contributed by atoms with van der Waals surface area (Å²) >= 11 is 0. The molecule has 0 saturated carbocycles. The number of nitrogens with one attached hydrogen (secondary N) is 2. The van der Waals surface area contributed by atoms with E-state index >= 15 is 0 Å². The van der Waals surface area contributed by atoms with Crippen LogP contribution in [0.1, 0.15) is 22.8 Å². The summed E-state index contributed by atoms with van der Waals surface area (Å²) in [5.74, 6) is 0.580. The number of pyridine rings is 1. The molecule has 2 aromatic rings. The molecule has 110 valence electrons. The van der Waals surface area contributed by atoms with Crippen LogP contribution in [-0.4, -0.2) is 24.5 Å². The third-order valence-corrected chi connectivity index (χ3v) is 2.88. The molecule has 0 atom stereocenters. The van der Waals surface area contributed by atoms with Gasteiger partial charge in [0.25, 0.3) is 5.91 Å². The van der Waals surface area contributed by atoms with Gasteiger partial charge in [-0.25, -0.2) is 4.98 Å². The monoisotopic (exact) mass is 285 g/mol. The second-order valence-corrected chi connectivity index (χ2v) is 4.55. The Morgan fingerprint density at radius 3 is 2.81 bits per heavy atom. The molecular formula is C16H19N3O2. The van der Waals surface area contributed by atoms with Crippen LogP contribution in [0.5, 0.6) is 0 Å². The van der Waals surface area contributed by atoms with Crippen molar-refractivity contribution in [1.29, 1.82) is 0 Å². The summed E-state index contributed by atoms with van der Waals surface area (Å²) in [5.41, 5.74) is 2.27. The molecular weight excluding hydrogens is 266 g/mol. The van der Waals surface area contributed by atoms with Crippen LogP contribution in [0.3, 0.4) is 0 Å². The molecule has 0 spiro atoms. The van der Waals surface area contributed by atoms with Gasteiger partial charge in [-0.1, -0.05) is 12.1 Å². The third kappa shape index (κ3) is 4.29. The van der Waals surface area contributed by atoms with Gasteiger partial charge in [-0.3, -0.25) is 4.79 Å². The Balaban J connectivity index is 2.05. The molecule has 21 heavy (non-hydrogen) atoms. The predicted molar refractivity (Wildman–Crippen MR) is 83.5 cm³/mol. The van der Waals surface area contributed by atoms with E-state index in [4.69, 9.17) is 4.74 Å². The molecule has 1 heterocycles. The Hall–Kier alpha value is -2.40. The fourth-order valence-electron chi connectivity index (χ4n) is 1.92. The van der Waals surface area contributed by atoms with Gasteiger partial charge in [0.1, 0.15) is 5.82 Å². The first-order valence-corrected chi connectivity index (χ1v) is 6.82. The molecule has 0 radical (unpaired) electrons. The van der Waals surface area contributed by atoms with Crippen LogP contribution in [0, 0.1) is 0 Å². The maximum Gasteiger partial charge on any atom is 0.257 e. The SMILES string of the molecule is CCNc1ccc(C(=O)Nc2cccc(COC)c2)cn1. The first-order valence-electron chi connectivity index (χ1n) is 6.82. The van der Waals surface area contributed by atoms with Crippen LogP contribution < -0.4 is 10.6 Å². The molecule has 1 amide bonds. The number of benzene rings is 1. The van der Waals surface area contributed by atoms with E-state index in [1.807, 2.05) is 31.2 Å². The molecule has 0 aliphatic rings. The van der Waals surface area contributed by atoms with Gasteiger partial charge in [-0.2, -0.15) is 0 Å². The summed E-state index contributed by atoms with van der Waals surface area (Å²) < 4.78 is 5.08. The number of amides is 1. The Labute approximate surface area is 124 Å².